The van der Waals surface area contributed by atoms with Crippen molar-refractivity contribution in [2.45, 2.75) is 26.2 Å². The van der Waals surface area contributed by atoms with Crippen LogP contribution in [-0.2, 0) is 17.9 Å². The SMILES string of the molecule is COc1ccc([C@H]2Cn3nnc(-c4noc(-c5ccccc5C)n4)c3CO2)cc1. The number of ether oxygens (including phenoxy) is 2. The van der Waals surface area contributed by atoms with Crippen LogP contribution in [-0.4, -0.2) is 32.2 Å². The Morgan fingerprint density at radius 1 is 1.10 bits per heavy atom. The number of fused-ring (bicyclic) bond motifs is 1. The molecule has 0 aliphatic carbocycles. The van der Waals surface area contributed by atoms with Crippen molar-refractivity contribution in [1.29, 1.82) is 0 Å². The number of aromatic nitrogens is 5. The van der Waals surface area contributed by atoms with Gasteiger partial charge in [-0.05, 0) is 36.2 Å². The highest BCUT2D eigenvalue weighted by molar-refractivity contribution is 5.61. The second kappa shape index (κ2) is 7.14. The van der Waals surface area contributed by atoms with Gasteiger partial charge in [0.15, 0.2) is 5.69 Å². The summed E-state index contributed by atoms with van der Waals surface area (Å²) in [7, 11) is 1.65. The molecule has 0 radical (unpaired) electrons. The van der Waals surface area contributed by atoms with E-state index in [0.717, 1.165) is 28.1 Å². The summed E-state index contributed by atoms with van der Waals surface area (Å²) in [6.07, 6.45) is -0.101. The van der Waals surface area contributed by atoms with Gasteiger partial charge in [-0.2, -0.15) is 4.98 Å². The van der Waals surface area contributed by atoms with Gasteiger partial charge in [0.1, 0.15) is 11.9 Å². The third-order valence-corrected chi connectivity index (χ3v) is 5.10. The monoisotopic (exact) mass is 389 g/mol. The molecule has 29 heavy (non-hydrogen) atoms. The van der Waals surface area contributed by atoms with Gasteiger partial charge in [-0.25, -0.2) is 4.68 Å². The molecule has 2 aromatic heterocycles. The minimum Gasteiger partial charge on any atom is -0.497 e. The minimum atomic E-state index is -0.101. The Hall–Kier alpha value is -3.52. The standard InChI is InChI=1S/C21H19N5O3/c1-13-5-3-4-6-16(13)21-22-20(24-29-21)19-17-12-28-18(11-26(17)25-23-19)14-7-9-15(27-2)10-8-14/h3-10,18H,11-12H2,1-2H3/t18-/m1/s1. The number of aryl methyl sites for hydroxylation is 1. The van der Waals surface area contributed by atoms with E-state index in [1.54, 1.807) is 7.11 Å². The molecule has 146 valence electrons. The van der Waals surface area contributed by atoms with Crippen molar-refractivity contribution in [3.8, 4) is 28.7 Å². The van der Waals surface area contributed by atoms with Crippen molar-refractivity contribution in [3.05, 3.63) is 65.4 Å². The molecular formula is C21H19N5O3. The fourth-order valence-electron chi connectivity index (χ4n) is 3.45. The molecule has 1 aliphatic rings. The lowest BCUT2D eigenvalue weighted by molar-refractivity contribution is -0.00114. The Bertz CT molecular complexity index is 1150. The van der Waals surface area contributed by atoms with Gasteiger partial charge in [-0.15, -0.1) is 5.10 Å². The molecule has 8 heteroatoms. The van der Waals surface area contributed by atoms with Crippen molar-refractivity contribution in [3.63, 3.8) is 0 Å². The number of benzene rings is 2. The van der Waals surface area contributed by atoms with E-state index in [0.29, 0.717) is 30.6 Å². The van der Waals surface area contributed by atoms with Crippen LogP contribution in [0.3, 0.4) is 0 Å². The average Bonchev–Trinajstić information content (AvgIpc) is 3.40. The molecule has 4 aromatic rings. The van der Waals surface area contributed by atoms with E-state index in [1.807, 2.05) is 60.1 Å². The van der Waals surface area contributed by atoms with Crippen LogP contribution < -0.4 is 4.74 Å². The summed E-state index contributed by atoms with van der Waals surface area (Å²) in [6.45, 7) is 2.94. The molecular weight excluding hydrogens is 370 g/mol. The van der Waals surface area contributed by atoms with Crippen LogP contribution in [0.2, 0.25) is 0 Å². The third kappa shape index (κ3) is 3.17. The molecule has 0 N–H and O–H groups in total. The first-order valence-electron chi connectivity index (χ1n) is 9.31. The molecule has 0 fully saturated rings. The summed E-state index contributed by atoms with van der Waals surface area (Å²) in [5, 5.41) is 12.7. The maximum atomic E-state index is 6.07. The normalized spacial score (nSPS) is 15.9. The predicted octanol–water partition coefficient (Wildman–Crippen LogP) is 3.58. The van der Waals surface area contributed by atoms with E-state index in [-0.39, 0.29) is 6.10 Å². The molecule has 5 rings (SSSR count). The van der Waals surface area contributed by atoms with Crippen LogP contribution in [0, 0.1) is 6.92 Å². The van der Waals surface area contributed by atoms with E-state index < -0.39 is 0 Å². The maximum Gasteiger partial charge on any atom is 0.258 e. The highest BCUT2D eigenvalue weighted by Crippen LogP contribution is 2.31. The Morgan fingerprint density at radius 2 is 1.93 bits per heavy atom. The summed E-state index contributed by atoms with van der Waals surface area (Å²) < 4.78 is 18.6. The minimum absolute atomic E-state index is 0.101. The van der Waals surface area contributed by atoms with Crippen LogP contribution in [0.25, 0.3) is 23.0 Å². The highest BCUT2D eigenvalue weighted by Gasteiger charge is 2.27. The Morgan fingerprint density at radius 3 is 2.72 bits per heavy atom. The van der Waals surface area contributed by atoms with Gasteiger partial charge in [0.25, 0.3) is 5.89 Å². The molecule has 3 heterocycles. The average molecular weight is 389 g/mol. The number of rotatable bonds is 4. The summed E-state index contributed by atoms with van der Waals surface area (Å²) >= 11 is 0. The van der Waals surface area contributed by atoms with Crippen molar-refractivity contribution >= 4 is 0 Å². The van der Waals surface area contributed by atoms with Gasteiger partial charge in [-0.3, -0.25) is 0 Å². The second-order valence-corrected chi connectivity index (χ2v) is 6.88. The third-order valence-electron chi connectivity index (χ3n) is 5.10. The molecule has 1 atom stereocenters. The van der Waals surface area contributed by atoms with Crippen molar-refractivity contribution in [1.82, 2.24) is 25.1 Å². The largest absolute Gasteiger partial charge is 0.497 e. The van der Waals surface area contributed by atoms with Gasteiger partial charge in [0, 0.05) is 5.56 Å². The number of hydrogen-bond donors (Lipinski definition) is 0. The zero-order valence-corrected chi connectivity index (χ0v) is 16.1. The van der Waals surface area contributed by atoms with Crippen LogP contribution in [0.5, 0.6) is 5.75 Å². The Labute approximate surface area is 167 Å². The van der Waals surface area contributed by atoms with Crippen molar-refractivity contribution in [2.75, 3.05) is 7.11 Å². The first kappa shape index (κ1) is 17.6. The summed E-state index contributed by atoms with van der Waals surface area (Å²) in [4.78, 5) is 4.53. The molecule has 0 saturated heterocycles. The van der Waals surface area contributed by atoms with Crippen LogP contribution in [0.15, 0.2) is 53.1 Å². The van der Waals surface area contributed by atoms with Gasteiger partial charge >= 0.3 is 0 Å². The molecule has 2 aromatic carbocycles. The summed E-state index contributed by atoms with van der Waals surface area (Å²) in [6, 6.07) is 15.7. The van der Waals surface area contributed by atoms with Gasteiger partial charge in [0.2, 0.25) is 5.82 Å². The molecule has 0 amide bonds. The molecule has 8 nitrogen and oxygen atoms in total. The Balaban J connectivity index is 1.40. The first-order chi connectivity index (χ1) is 14.2. The fourth-order valence-corrected chi connectivity index (χ4v) is 3.45. The van der Waals surface area contributed by atoms with Crippen LogP contribution in [0.4, 0.5) is 0 Å². The van der Waals surface area contributed by atoms with E-state index >= 15 is 0 Å². The fraction of sp³-hybridized carbons (Fsp3) is 0.238. The quantitative estimate of drug-likeness (QED) is 0.527. The lowest BCUT2D eigenvalue weighted by Crippen LogP contribution is -2.22. The first-order valence-corrected chi connectivity index (χ1v) is 9.31. The van der Waals surface area contributed by atoms with Crippen molar-refractivity contribution < 1.29 is 14.0 Å². The summed E-state index contributed by atoms with van der Waals surface area (Å²) in [5.74, 6) is 1.69. The number of hydrogen-bond acceptors (Lipinski definition) is 7. The van der Waals surface area contributed by atoms with Crippen LogP contribution in [0.1, 0.15) is 22.9 Å². The smallest absolute Gasteiger partial charge is 0.258 e. The van der Waals surface area contributed by atoms with E-state index in [1.165, 1.54) is 0 Å². The predicted molar refractivity (Wildman–Crippen MR) is 104 cm³/mol. The van der Waals surface area contributed by atoms with Crippen molar-refractivity contribution in [2.24, 2.45) is 0 Å². The molecule has 0 spiro atoms. The van der Waals surface area contributed by atoms with Gasteiger partial charge in [0.05, 0.1) is 26.0 Å². The van der Waals surface area contributed by atoms with Gasteiger partial charge in [-0.1, -0.05) is 40.7 Å². The Kier molecular flexibility index (Phi) is 4.33. The number of nitrogens with zero attached hydrogens (tertiary/aromatic N) is 5. The molecule has 1 aliphatic heterocycles. The van der Waals surface area contributed by atoms with E-state index in [9.17, 15) is 0 Å². The molecule has 0 unspecified atom stereocenters. The summed E-state index contributed by atoms with van der Waals surface area (Å²) in [5.41, 5.74) is 4.46. The second-order valence-electron chi connectivity index (χ2n) is 6.88. The zero-order chi connectivity index (χ0) is 19.8. The van der Waals surface area contributed by atoms with Gasteiger partial charge < -0.3 is 14.0 Å². The van der Waals surface area contributed by atoms with Crippen LogP contribution >= 0.6 is 0 Å². The molecule has 0 bridgehead atoms. The highest BCUT2D eigenvalue weighted by atomic mass is 16.5. The molecule has 0 saturated carbocycles. The lowest BCUT2D eigenvalue weighted by Gasteiger charge is -2.24. The lowest BCUT2D eigenvalue weighted by atomic mass is 10.1. The van der Waals surface area contributed by atoms with E-state index in [2.05, 4.69) is 20.5 Å². The maximum absolute atomic E-state index is 6.07. The topological polar surface area (TPSA) is 88.1 Å². The van der Waals surface area contributed by atoms with E-state index in [4.69, 9.17) is 14.0 Å². The zero-order valence-electron chi connectivity index (χ0n) is 16.1. The number of methoxy groups -OCH3 is 1.